The molecule has 0 saturated heterocycles. The summed E-state index contributed by atoms with van der Waals surface area (Å²) in [4.78, 5) is 14.8. The zero-order valence-electron chi connectivity index (χ0n) is 18.3. The molecule has 0 saturated carbocycles. The maximum absolute atomic E-state index is 12.8. The van der Waals surface area contributed by atoms with E-state index in [-0.39, 0.29) is 30.5 Å². The third-order valence-corrected chi connectivity index (χ3v) is 5.60. The van der Waals surface area contributed by atoms with Crippen LogP contribution in [0.15, 0.2) is 42.5 Å². The zero-order valence-corrected chi connectivity index (χ0v) is 18.3. The van der Waals surface area contributed by atoms with Crippen molar-refractivity contribution in [2.45, 2.75) is 45.5 Å². The van der Waals surface area contributed by atoms with Gasteiger partial charge in [-0.1, -0.05) is 44.2 Å². The maximum Gasteiger partial charge on any atom is 0.243 e. The Bertz CT molecular complexity index is 851. The molecule has 1 aliphatic heterocycles. The lowest BCUT2D eigenvalue weighted by Crippen LogP contribution is -2.54. The molecular weight excluding hydrogens is 378 g/mol. The second-order valence-electron chi connectivity index (χ2n) is 8.32. The minimum atomic E-state index is -0.312. The van der Waals surface area contributed by atoms with Crippen molar-refractivity contribution in [1.29, 1.82) is 0 Å². The van der Waals surface area contributed by atoms with Gasteiger partial charge in [-0.15, -0.1) is 0 Å². The number of aliphatic hydroxyl groups is 1. The molecule has 0 bridgehead atoms. The summed E-state index contributed by atoms with van der Waals surface area (Å²) in [6.07, 6.45) is 0.583. The van der Waals surface area contributed by atoms with E-state index in [1.54, 1.807) is 0 Å². The van der Waals surface area contributed by atoms with Crippen LogP contribution in [0.1, 0.15) is 30.5 Å². The first kappa shape index (κ1) is 22.1. The van der Waals surface area contributed by atoms with Crippen molar-refractivity contribution in [2.24, 2.45) is 5.92 Å². The molecule has 3 N–H and O–H groups in total. The number of anilines is 1. The molecule has 30 heavy (non-hydrogen) atoms. The average Bonchev–Trinajstić information content (AvgIpc) is 2.72. The smallest absolute Gasteiger partial charge is 0.243 e. The molecule has 0 aromatic heterocycles. The number of benzene rings is 2. The lowest BCUT2D eigenvalue weighted by atomic mass is 9.95. The van der Waals surface area contributed by atoms with E-state index in [0.717, 1.165) is 29.1 Å². The highest BCUT2D eigenvalue weighted by Crippen LogP contribution is 2.31. The Morgan fingerprint density at radius 1 is 1.20 bits per heavy atom. The van der Waals surface area contributed by atoms with Crippen molar-refractivity contribution in [3.8, 4) is 5.75 Å². The van der Waals surface area contributed by atoms with Gasteiger partial charge in [-0.2, -0.15) is 0 Å². The molecule has 0 spiro atoms. The largest absolute Gasteiger partial charge is 0.489 e. The Balaban J connectivity index is 1.81. The van der Waals surface area contributed by atoms with Crippen LogP contribution in [0.25, 0.3) is 0 Å². The summed E-state index contributed by atoms with van der Waals surface area (Å²) in [5.74, 6) is 0.843. The molecule has 1 amide bonds. The molecule has 1 heterocycles. The van der Waals surface area contributed by atoms with E-state index in [0.29, 0.717) is 13.0 Å². The Kier molecular flexibility index (Phi) is 7.34. The third-order valence-electron chi connectivity index (χ3n) is 5.60. The number of carbonyl (C=O) groups excluding carboxylic acids is 1. The van der Waals surface area contributed by atoms with E-state index >= 15 is 0 Å². The molecule has 3 rings (SSSR count). The molecule has 1 aliphatic rings. The van der Waals surface area contributed by atoms with Crippen LogP contribution < -0.4 is 20.3 Å². The summed E-state index contributed by atoms with van der Waals surface area (Å²) in [5, 5.41) is 15.8. The minimum absolute atomic E-state index is 0.0508. The predicted octanol–water partition coefficient (Wildman–Crippen LogP) is 2.48. The van der Waals surface area contributed by atoms with Gasteiger partial charge in [-0.05, 0) is 42.1 Å². The van der Waals surface area contributed by atoms with Gasteiger partial charge >= 0.3 is 0 Å². The van der Waals surface area contributed by atoms with E-state index in [4.69, 9.17) is 4.74 Å². The van der Waals surface area contributed by atoms with Gasteiger partial charge in [0.05, 0.1) is 12.6 Å². The van der Waals surface area contributed by atoms with Crippen LogP contribution in [-0.4, -0.2) is 43.8 Å². The number of nitrogens with one attached hydrogen (secondary N) is 2. The number of hydrogen-bond acceptors (Lipinski definition) is 5. The van der Waals surface area contributed by atoms with Crippen LogP contribution in [-0.2, 0) is 24.4 Å². The number of fused-ring (bicyclic) bond motifs is 1. The van der Waals surface area contributed by atoms with Crippen LogP contribution in [0.5, 0.6) is 5.75 Å². The van der Waals surface area contributed by atoms with Crippen molar-refractivity contribution in [1.82, 2.24) is 10.6 Å². The number of carbonyl (C=O) groups is 1. The standard InChI is InChI=1S/C24H33N3O3/c1-16(2)23-24(29)26-20(14-28)11-19-9-10-21(12-22(19)27(23)4)30-15-18-7-5-17(6-8-18)13-25-3/h5-10,12,16,20,23,25,28H,11,13-15H2,1-4H3,(H,26,29)/t20-,23?/m0/s1. The van der Waals surface area contributed by atoms with Gasteiger partial charge in [0.2, 0.25) is 5.91 Å². The van der Waals surface area contributed by atoms with Gasteiger partial charge in [-0.25, -0.2) is 0 Å². The van der Waals surface area contributed by atoms with Crippen molar-refractivity contribution >= 4 is 11.6 Å². The maximum atomic E-state index is 12.8. The van der Waals surface area contributed by atoms with E-state index in [1.165, 1.54) is 5.56 Å². The number of ether oxygens (including phenoxy) is 1. The van der Waals surface area contributed by atoms with Gasteiger partial charge in [0.25, 0.3) is 0 Å². The predicted molar refractivity (Wildman–Crippen MR) is 120 cm³/mol. The van der Waals surface area contributed by atoms with Crippen molar-refractivity contribution < 1.29 is 14.6 Å². The molecule has 0 radical (unpaired) electrons. The fourth-order valence-corrected chi connectivity index (χ4v) is 4.05. The summed E-state index contributed by atoms with van der Waals surface area (Å²) in [6.45, 7) is 5.32. The normalized spacial score (nSPS) is 19.1. The summed E-state index contributed by atoms with van der Waals surface area (Å²) in [5.41, 5.74) is 4.41. The van der Waals surface area contributed by atoms with E-state index < -0.39 is 0 Å². The lowest BCUT2D eigenvalue weighted by molar-refractivity contribution is -0.124. The summed E-state index contributed by atoms with van der Waals surface area (Å²) in [7, 11) is 3.89. The zero-order chi connectivity index (χ0) is 21.7. The molecule has 0 aliphatic carbocycles. The number of aliphatic hydroxyl groups excluding tert-OH is 1. The first-order chi connectivity index (χ1) is 14.4. The quantitative estimate of drug-likeness (QED) is 0.653. The molecule has 2 aromatic carbocycles. The number of rotatable bonds is 7. The van der Waals surface area contributed by atoms with Gasteiger partial charge < -0.3 is 25.4 Å². The van der Waals surface area contributed by atoms with E-state index in [2.05, 4.69) is 34.9 Å². The first-order valence-corrected chi connectivity index (χ1v) is 10.5. The molecular formula is C24H33N3O3. The topological polar surface area (TPSA) is 73.8 Å². The van der Waals surface area contributed by atoms with Crippen molar-refractivity contribution in [3.63, 3.8) is 0 Å². The fraction of sp³-hybridized carbons (Fsp3) is 0.458. The second-order valence-corrected chi connectivity index (χ2v) is 8.32. The van der Waals surface area contributed by atoms with Gasteiger partial charge in [0.1, 0.15) is 18.4 Å². The van der Waals surface area contributed by atoms with Crippen LogP contribution in [0.4, 0.5) is 5.69 Å². The van der Waals surface area contributed by atoms with Gasteiger partial charge in [0.15, 0.2) is 0 Å². The Morgan fingerprint density at radius 3 is 2.53 bits per heavy atom. The molecule has 162 valence electrons. The third kappa shape index (κ3) is 5.12. The SMILES string of the molecule is CNCc1ccc(COc2ccc3c(c2)N(C)C(C(C)C)C(=O)N[C@H](CO)C3)cc1. The fourth-order valence-electron chi connectivity index (χ4n) is 4.05. The Hall–Kier alpha value is -2.57. The van der Waals surface area contributed by atoms with Gasteiger partial charge in [0, 0.05) is 25.3 Å². The Labute approximate surface area is 179 Å². The molecule has 2 aromatic rings. The molecule has 6 heteroatoms. The second kappa shape index (κ2) is 9.96. The summed E-state index contributed by atoms with van der Waals surface area (Å²) in [6, 6.07) is 13.8. The minimum Gasteiger partial charge on any atom is -0.489 e. The molecule has 2 atom stereocenters. The average molecular weight is 412 g/mol. The van der Waals surface area contributed by atoms with Crippen LogP contribution in [0.3, 0.4) is 0 Å². The highest BCUT2D eigenvalue weighted by molar-refractivity contribution is 5.86. The number of amides is 1. The van der Waals surface area contributed by atoms with Crippen molar-refractivity contribution in [2.75, 3.05) is 25.6 Å². The summed E-state index contributed by atoms with van der Waals surface area (Å²) >= 11 is 0. The van der Waals surface area contributed by atoms with E-state index in [9.17, 15) is 9.90 Å². The number of nitrogens with zero attached hydrogens (tertiary/aromatic N) is 1. The first-order valence-electron chi connectivity index (χ1n) is 10.5. The van der Waals surface area contributed by atoms with Crippen LogP contribution in [0, 0.1) is 5.92 Å². The van der Waals surface area contributed by atoms with Gasteiger partial charge in [-0.3, -0.25) is 4.79 Å². The number of hydrogen-bond donors (Lipinski definition) is 3. The van der Waals surface area contributed by atoms with Crippen molar-refractivity contribution in [3.05, 3.63) is 59.2 Å². The number of likely N-dealkylation sites (N-methyl/N-ethyl adjacent to an activating group) is 1. The summed E-state index contributed by atoms with van der Waals surface area (Å²) < 4.78 is 6.06. The molecule has 1 unspecified atom stereocenters. The van der Waals surface area contributed by atoms with Crippen LogP contribution in [0.2, 0.25) is 0 Å². The Morgan fingerprint density at radius 2 is 1.90 bits per heavy atom. The highest BCUT2D eigenvalue weighted by Gasteiger charge is 2.32. The molecule has 6 nitrogen and oxygen atoms in total. The lowest BCUT2D eigenvalue weighted by Gasteiger charge is -2.37. The molecule has 0 fully saturated rings. The van der Waals surface area contributed by atoms with E-state index in [1.807, 2.05) is 51.0 Å². The highest BCUT2D eigenvalue weighted by atomic mass is 16.5. The monoisotopic (exact) mass is 411 g/mol. The van der Waals surface area contributed by atoms with Crippen LogP contribution >= 0.6 is 0 Å².